The zero-order chi connectivity index (χ0) is 14.4. The molecule has 3 heteroatoms. The van der Waals surface area contributed by atoms with Crippen LogP contribution in [0.2, 0.25) is 0 Å². The van der Waals surface area contributed by atoms with Crippen LogP contribution in [-0.2, 0) is 12.8 Å². The summed E-state index contributed by atoms with van der Waals surface area (Å²) in [4.78, 5) is 4.20. The van der Waals surface area contributed by atoms with Gasteiger partial charge in [0, 0.05) is 18.3 Å². The van der Waals surface area contributed by atoms with Gasteiger partial charge in [0.1, 0.15) is 0 Å². The van der Waals surface area contributed by atoms with Crippen LogP contribution in [0, 0.1) is 0 Å². The summed E-state index contributed by atoms with van der Waals surface area (Å²) in [7, 11) is 1.62. The number of nitrogens with zero attached hydrogens (tertiary/aromatic N) is 1. The van der Waals surface area contributed by atoms with Crippen molar-refractivity contribution in [1.82, 2.24) is 4.98 Å². The molecule has 0 radical (unpaired) electrons. The number of pyridine rings is 1. The normalized spacial score (nSPS) is 12.2. The predicted molar refractivity (Wildman–Crippen MR) is 81.9 cm³/mol. The van der Waals surface area contributed by atoms with Crippen molar-refractivity contribution in [2.24, 2.45) is 5.73 Å². The Morgan fingerprint density at radius 1 is 1.10 bits per heavy atom. The van der Waals surface area contributed by atoms with Gasteiger partial charge in [0.25, 0.3) is 0 Å². The molecule has 0 saturated carbocycles. The van der Waals surface area contributed by atoms with Crippen LogP contribution in [0.1, 0.15) is 36.1 Å². The molecule has 0 aliphatic heterocycles. The van der Waals surface area contributed by atoms with E-state index < -0.39 is 0 Å². The van der Waals surface area contributed by atoms with Crippen molar-refractivity contribution in [3.05, 3.63) is 59.3 Å². The first-order valence-electron chi connectivity index (χ1n) is 7.06. The van der Waals surface area contributed by atoms with Crippen molar-refractivity contribution in [1.29, 1.82) is 0 Å². The van der Waals surface area contributed by atoms with Crippen molar-refractivity contribution in [3.8, 4) is 5.88 Å². The van der Waals surface area contributed by atoms with Gasteiger partial charge in [0.05, 0.1) is 7.11 Å². The number of methoxy groups -OCH3 is 1. The Morgan fingerprint density at radius 2 is 1.80 bits per heavy atom. The fourth-order valence-electron chi connectivity index (χ4n) is 2.24. The maximum atomic E-state index is 6.26. The third-order valence-electron chi connectivity index (χ3n) is 3.41. The molecule has 2 aromatic rings. The lowest BCUT2D eigenvalue weighted by Gasteiger charge is -2.13. The van der Waals surface area contributed by atoms with Crippen molar-refractivity contribution < 1.29 is 4.74 Å². The molecule has 1 atom stereocenters. The van der Waals surface area contributed by atoms with Crippen LogP contribution in [-0.4, -0.2) is 12.1 Å². The Morgan fingerprint density at radius 3 is 2.35 bits per heavy atom. The predicted octanol–water partition coefficient (Wildman–Crippen LogP) is 3.29. The monoisotopic (exact) mass is 270 g/mol. The quantitative estimate of drug-likeness (QED) is 0.876. The first-order chi connectivity index (χ1) is 9.72. The topological polar surface area (TPSA) is 48.1 Å². The second-order valence-electron chi connectivity index (χ2n) is 5.01. The summed E-state index contributed by atoms with van der Waals surface area (Å²) in [5, 5.41) is 0. The number of rotatable bonds is 6. The highest BCUT2D eigenvalue weighted by atomic mass is 16.5. The van der Waals surface area contributed by atoms with Crippen LogP contribution < -0.4 is 10.5 Å². The third-order valence-corrected chi connectivity index (χ3v) is 3.41. The number of hydrogen-bond donors (Lipinski definition) is 1. The summed E-state index contributed by atoms with van der Waals surface area (Å²) < 4.78 is 5.05. The summed E-state index contributed by atoms with van der Waals surface area (Å²) in [5.41, 5.74) is 9.92. The second-order valence-corrected chi connectivity index (χ2v) is 5.01. The van der Waals surface area contributed by atoms with Gasteiger partial charge in [0.15, 0.2) is 0 Å². The van der Waals surface area contributed by atoms with Crippen LogP contribution in [0.3, 0.4) is 0 Å². The summed E-state index contributed by atoms with van der Waals surface area (Å²) in [6.45, 7) is 2.19. The Balaban J connectivity index is 2.01. The minimum Gasteiger partial charge on any atom is -0.481 e. The van der Waals surface area contributed by atoms with Crippen LogP contribution in [0.15, 0.2) is 42.6 Å². The van der Waals surface area contributed by atoms with Crippen molar-refractivity contribution in [2.45, 2.75) is 32.2 Å². The molecule has 0 aliphatic rings. The van der Waals surface area contributed by atoms with Crippen LogP contribution in [0.25, 0.3) is 0 Å². The zero-order valence-electron chi connectivity index (χ0n) is 12.2. The molecule has 0 fully saturated rings. The molecular formula is C17H22N2O. The van der Waals surface area contributed by atoms with E-state index in [9.17, 15) is 0 Å². The fourth-order valence-corrected chi connectivity index (χ4v) is 2.24. The van der Waals surface area contributed by atoms with Gasteiger partial charge in [-0.15, -0.1) is 0 Å². The molecule has 0 saturated heterocycles. The SMILES string of the molecule is CCCc1ccc(C(N)Cc2ccc(OC)nc2)cc1. The summed E-state index contributed by atoms with van der Waals surface area (Å²) in [6, 6.07) is 12.5. The standard InChI is InChI=1S/C17H22N2O/c1-3-4-13-5-8-15(9-6-13)16(18)11-14-7-10-17(20-2)19-12-14/h5-10,12,16H,3-4,11,18H2,1-2H3. The maximum absolute atomic E-state index is 6.26. The van der Waals surface area contributed by atoms with Crippen molar-refractivity contribution in [3.63, 3.8) is 0 Å². The van der Waals surface area contributed by atoms with Crippen molar-refractivity contribution in [2.75, 3.05) is 7.11 Å². The number of aryl methyl sites for hydroxylation is 1. The smallest absolute Gasteiger partial charge is 0.212 e. The zero-order valence-corrected chi connectivity index (χ0v) is 12.2. The molecule has 1 unspecified atom stereocenters. The fraction of sp³-hybridized carbons (Fsp3) is 0.353. The van der Waals surface area contributed by atoms with Gasteiger partial charge in [-0.3, -0.25) is 0 Å². The van der Waals surface area contributed by atoms with Crippen LogP contribution in [0.4, 0.5) is 0 Å². The summed E-state index contributed by atoms with van der Waals surface area (Å²) in [6.07, 6.45) is 4.90. The first kappa shape index (κ1) is 14.5. The average molecular weight is 270 g/mol. The van der Waals surface area contributed by atoms with E-state index in [2.05, 4.69) is 36.2 Å². The first-order valence-corrected chi connectivity index (χ1v) is 7.06. The number of nitrogens with two attached hydrogens (primary N) is 1. The Bertz CT molecular complexity index is 520. The van der Waals surface area contributed by atoms with E-state index in [1.54, 1.807) is 7.11 Å². The lowest BCUT2D eigenvalue weighted by molar-refractivity contribution is 0.397. The van der Waals surface area contributed by atoms with Gasteiger partial charge in [-0.05, 0) is 29.5 Å². The molecule has 0 amide bonds. The van der Waals surface area contributed by atoms with Gasteiger partial charge < -0.3 is 10.5 Å². The molecule has 1 aromatic carbocycles. The van der Waals surface area contributed by atoms with E-state index in [-0.39, 0.29) is 6.04 Å². The maximum Gasteiger partial charge on any atom is 0.212 e. The summed E-state index contributed by atoms with van der Waals surface area (Å²) >= 11 is 0. The molecular weight excluding hydrogens is 248 g/mol. The van der Waals surface area contributed by atoms with E-state index in [0.29, 0.717) is 5.88 Å². The van der Waals surface area contributed by atoms with E-state index in [4.69, 9.17) is 10.5 Å². The Hall–Kier alpha value is -1.87. The lowest BCUT2D eigenvalue weighted by atomic mass is 9.99. The molecule has 0 bridgehead atoms. The highest BCUT2D eigenvalue weighted by Gasteiger charge is 2.07. The van der Waals surface area contributed by atoms with Gasteiger partial charge in [-0.2, -0.15) is 0 Å². The van der Waals surface area contributed by atoms with E-state index in [1.165, 1.54) is 17.5 Å². The average Bonchev–Trinajstić information content (AvgIpc) is 2.49. The largest absolute Gasteiger partial charge is 0.481 e. The number of ether oxygens (including phenoxy) is 1. The minimum atomic E-state index is 0.000807. The Labute approximate surface area is 120 Å². The van der Waals surface area contributed by atoms with Crippen LogP contribution in [0.5, 0.6) is 5.88 Å². The number of benzene rings is 1. The molecule has 3 nitrogen and oxygen atoms in total. The molecule has 1 heterocycles. The van der Waals surface area contributed by atoms with Gasteiger partial charge in [0.2, 0.25) is 5.88 Å². The third kappa shape index (κ3) is 3.81. The van der Waals surface area contributed by atoms with E-state index >= 15 is 0 Å². The van der Waals surface area contributed by atoms with Crippen LogP contribution >= 0.6 is 0 Å². The highest BCUT2D eigenvalue weighted by molar-refractivity contribution is 5.27. The molecule has 1 aromatic heterocycles. The molecule has 0 spiro atoms. The molecule has 20 heavy (non-hydrogen) atoms. The molecule has 106 valence electrons. The van der Waals surface area contributed by atoms with Gasteiger partial charge >= 0.3 is 0 Å². The Kier molecular flexibility index (Phi) is 5.13. The minimum absolute atomic E-state index is 0.000807. The van der Waals surface area contributed by atoms with Gasteiger partial charge in [-0.1, -0.05) is 43.7 Å². The lowest BCUT2D eigenvalue weighted by Crippen LogP contribution is -2.13. The molecule has 2 N–H and O–H groups in total. The van der Waals surface area contributed by atoms with E-state index in [0.717, 1.165) is 18.4 Å². The van der Waals surface area contributed by atoms with Gasteiger partial charge in [-0.25, -0.2) is 4.98 Å². The highest BCUT2D eigenvalue weighted by Crippen LogP contribution is 2.18. The molecule has 0 aliphatic carbocycles. The van der Waals surface area contributed by atoms with Crippen molar-refractivity contribution >= 4 is 0 Å². The number of aromatic nitrogens is 1. The second kappa shape index (κ2) is 7.06. The molecule has 2 rings (SSSR count). The van der Waals surface area contributed by atoms with E-state index in [1.807, 2.05) is 18.3 Å². The number of hydrogen-bond acceptors (Lipinski definition) is 3. The summed E-state index contributed by atoms with van der Waals surface area (Å²) in [5.74, 6) is 0.631.